The summed E-state index contributed by atoms with van der Waals surface area (Å²) in [7, 11) is 0. The number of aromatic nitrogens is 2. The van der Waals surface area contributed by atoms with E-state index in [1.54, 1.807) is 0 Å². The van der Waals surface area contributed by atoms with Gasteiger partial charge in [-0.1, -0.05) is 37.3 Å². The lowest BCUT2D eigenvalue weighted by Gasteiger charge is -2.28. The minimum absolute atomic E-state index is 0.405. The van der Waals surface area contributed by atoms with Gasteiger partial charge in [-0.3, -0.25) is 0 Å². The van der Waals surface area contributed by atoms with Gasteiger partial charge in [0.25, 0.3) is 0 Å². The SMILES string of the molecule is CCC(C)Nc1cc(N2CCCCC2)nc(-c2ccccc2)n1. The van der Waals surface area contributed by atoms with Gasteiger partial charge in [-0.2, -0.15) is 0 Å². The second kappa shape index (κ2) is 7.44. The summed E-state index contributed by atoms with van der Waals surface area (Å²) < 4.78 is 0. The Labute approximate surface area is 139 Å². The monoisotopic (exact) mass is 310 g/mol. The molecule has 0 spiro atoms. The lowest BCUT2D eigenvalue weighted by molar-refractivity contribution is 0.573. The fourth-order valence-electron chi connectivity index (χ4n) is 2.86. The Hall–Kier alpha value is -2.10. The zero-order chi connectivity index (χ0) is 16.1. The molecule has 1 unspecified atom stereocenters. The average Bonchev–Trinajstić information content (AvgIpc) is 2.63. The predicted molar refractivity (Wildman–Crippen MR) is 96.9 cm³/mol. The molecule has 122 valence electrons. The highest BCUT2D eigenvalue weighted by Crippen LogP contribution is 2.25. The first-order chi connectivity index (χ1) is 11.3. The summed E-state index contributed by atoms with van der Waals surface area (Å²) in [6, 6.07) is 12.7. The van der Waals surface area contributed by atoms with Crippen molar-refractivity contribution < 1.29 is 0 Å². The van der Waals surface area contributed by atoms with E-state index in [-0.39, 0.29) is 0 Å². The second-order valence-corrected chi connectivity index (χ2v) is 6.30. The number of nitrogens with one attached hydrogen (secondary N) is 1. The van der Waals surface area contributed by atoms with Gasteiger partial charge in [-0.25, -0.2) is 9.97 Å². The van der Waals surface area contributed by atoms with Gasteiger partial charge in [0.05, 0.1) is 0 Å². The van der Waals surface area contributed by atoms with E-state index in [1.165, 1.54) is 19.3 Å². The Kier molecular flexibility index (Phi) is 5.11. The first kappa shape index (κ1) is 15.8. The minimum atomic E-state index is 0.405. The third-order valence-corrected chi connectivity index (χ3v) is 4.43. The summed E-state index contributed by atoms with van der Waals surface area (Å²) in [5.41, 5.74) is 1.07. The summed E-state index contributed by atoms with van der Waals surface area (Å²) >= 11 is 0. The van der Waals surface area contributed by atoms with Crippen molar-refractivity contribution in [3.8, 4) is 11.4 Å². The molecular weight excluding hydrogens is 284 g/mol. The van der Waals surface area contributed by atoms with Crippen LogP contribution in [0.4, 0.5) is 11.6 Å². The second-order valence-electron chi connectivity index (χ2n) is 6.30. The van der Waals surface area contributed by atoms with E-state index in [0.29, 0.717) is 6.04 Å². The predicted octanol–water partition coefficient (Wildman–Crippen LogP) is 4.34. The van der Waals surface area contributed by atoms with Crippen LogP contribution < -0.4 is 10.2 Å². The normalized spacial score (nSPS) is 16.2. The van der Waals surface area contributed by atoms with Gasteiger partial charge in [0.1, 0.15) is 11.6 Å². The third kappa shape index (κ3) is 4.01. The molecule has 2 heterocycles. The number of anilines is 2. The van der Waals surface area contributed by atoms with Gasteiger partial charge < -0.3 is 10.2 Å². The number of hydrogen-bond acceptors (Lipinski definition) is 4. The van der Waals surface area contributed by atoms with E-state index < -0.39 is 0 Å². The van der Waals surface area contributed by atoms with Crippen LogP contribution >= 0.6 is 0 Å². The number of rotatable bonds is 5. The minimum Gasteiger partial charge on any atom is -0.367 e. The van der Waals surface area contributed by atoms with Gasteiger partial charge in [0, 0.05) is 30.8 Å². The summed E-state index contributed by atoms with van der Waals surface area (Å²) in [5.74, 6) is 2.78. The average molecular weight is 310 g/mol. The van der Waals surface area contributed by atoms with Gasteiger partial charge in [-0.05, 0) is 32.6 Å². The molecule has 1 fully saturated rings. The summed E-state index contributed by atoms with van der Waals surface area (Å²) in [6.07, 6.45) is 4.90. The molecule has 0 aliphatic carbocycles. The van der Waals surface area contributed by atoms with Gasteiger partial charge in [0.2, 0.25) is 0 Å². The number of benzene rings is 1. The lowest BCUT2D eigenvalue weighted by atomic mass is 10.1. The van der Waals surface area contributed by atoms with E-state index in [0.717, 1.165) is 42.5 Å². The number of hydrogen-bond donors (Lipinski definition) is 1. The van der Waals surface area contributed by atoms with Crippen molar-refractivity contribution in [2.24, 2.45) is 0 Å². The quantitative estimate of drug-likeness (QED) is 0.891. The molecule has 4 heteroatoms. The molecule has 23 heavy (non-hydrogen) atoms. The summed E-state index contributed by atoms with van der Waals surface area (Å²) in [6.45, 7) is 6.55. The first-order valence-electron chi connectivity index (χ1n) is 8.72. The zero-order valence-electron chi connectivity index (χ0n) is 14.1. The zero-order valence-corrected chi connectivity index (χ0v) is 14.1. The molecule has 1 aromatic heterocycles. The lowest BCUT2D eigenvalue weighted by Crippen LogP contribution is -2.30. The van der Waals surface area contributed by atoms with Crippen LogP contribution in [-0.2, 0) is 0 Å². The van der Waals surface area contributed by atoms with Crippen LogP contribution in [0, 0.1) is 0 Å². The fraction of sp³-hybridized carbons (Fsp3) is 0.474. The molecule has 1 N–H and O–H groups in total. The molecule has 1 atom stereocenters. The third-order valence-electron chi connectivity index (χ3n) is 4.43. The Morgan fingerprint density at radius 2 is 1.83 bits per heavy atom. The van der Waals surface area contributed by atoms with Crippen molar-refractivity contribution in [1.82, 2.24) is 9.97 Å². The molecule has 4 nitrogen and oxygen atoms in total. The molecule has 1 aliphatic heterocycles. The van der Waals surface area contributed by atoms with Crippen molar-refractivity contribution >= 4 is 11.6 Å². The molecule has 3 rings (SSSR count). The Balaban J connectivity index is 1.96. The molecule has 1 saturated heterocycles. The van der Waals surface area contributed by atoms with Crippen molar-refractivity contribution in [2.75, 3.05) is 23.3 Å². The van der Waals surface area contributed by atoms with E-state index in [4.69, 9.17) is 9.97 Å². The highest BCUT2D eigenvalue weighted by atomic mass is 15.2. The highest BCUT2D eigenvalue weighted by molar-refractivity contribution is 5.62. The Morgan fingerprint density at radius 3 is 2.52 bits per heavy atom. The molecule has 0 amide bonds. The Morgan fingerprint density at radius 1 is 1.09 bits per heavy atom. The van der Waals surface area contributed by atoms with Gasteiger partial charge >= 0.3 is 0 Å². The van der Waals surface area contributed by atoms with Crippen LogP contribution in [-0.4, -0.2) is 29.1 Å². The number of piperidine rings is 1. The van der Waals surface area contributed by atoms with Crippen molar-refractivity contribution in [1.29, 1.82) is 0 Å². The van der Waals surface area contributed by atoms with Crippen LogP contribution in [0.1, 0.15) is 39.5 Å². The largest absolute Gasteiger partial charge is 0.367 e. The van der Waals surface area contributed by atoms with Gasteiger partial charge in [-0.15, -0.1) is 0 Å². The van der Waals surface area contributed by atoms with E-state index in [2.05, 4.69) is 42.3 Å². The summed E-state index contributed by atoms with van der Waals surface area (Å²) in [4.78, 5) is 12.0. The maximum atomic E-state index is 4.84. The van der Waals surface area contributed by atoms with Crippen LogP contribution in [0.25, 0.3) is 11.4 Å². The fourth-order valence-corrected chi connectivity index (χ4v) is 2.86. The van der Waals surface area contributed by atoms with Crippen molar-refractivity contribution in [3.63, 3.8) is 0 Å². The van der Waals surface area contributed by atoms with E-state index in [9.17, 15) is 0 Å². The topological polar surface area (TPSA) is 41.0 Å². The van der Waals surface area contributed by atoms with Gasteiger partial charge in [0.15, 0.2) is 5.82 Å². The first-order valence-corrected chi connectivity index (χ1v) is 8.72. The Bertz CT molecular complexity index is 621. The maximum absolute atomic E-state index is 4.84. The molecule has 0 saturated carbocycles. The van der Waals surface area contributed by atoms with Crippen LogP contribution in [0.5, 0.6) is 0 Å². The molecule has 2 aromatic rings. The van der Waals surface area contributed by atoms with Crippen molar-refractivity contribution in [3.05, 3.63) is 36.4 Å². The summed E-state index contributed by atoms with van der Waals surface area (Å²) in [5, 5.41) is 3.50. The van der Waals surface area contributed by atoms with E-state index >= 15 is 0 Å². The standard InChI is InChI=1S/C19H26N4/c1-3-15(2)20-17-14-18(23-12-8-5-9-13-23)22-19(21-17)16-10-6-4-7-11-16/h4,6-7,10-11,14-15H,3,5,8-9,12-13H2,1-2H3,(H,20,21,22). The molecule has 0 bridgehead atoms. The van der Waals surface area contributed by atoms with Crippen LogP contribution in [0.15, 0.2) is 36.4 Å². The molecule has 1 aliphatic rings. The highest BCUT2D eigenvalue weighted by Gasteiger charge is 2.16. The van der Waals surface area contributed by atoms with Crippen LogP contribution in [0.2, 0.25) is 0 Å². The van der Waals surface area contributed by atoms with Crippen molar-refractivity contribution in [2.45, 2.75) is 45.6 Å². The molecular formula is C19H26N4. The van der Waals surface area contributed by atoms with E-state index in [1.807, 2.05) is 18.2 Å². The maximum Gasteiger partial charge on any atom is 0.163 e. The smallest absolute Gasteiger partial charge is 0.163 e. The molecule has 1 aromatic carbocycles. The number of nitrogens with zero attached hydrogens (tertiary/aromatic N) is 3. The molecule has 0 radical (unpaired) electrons. The van der Waals surface area contributed by atoms with Crippen LogP contribution in [0.3, 0.4) is 0 Å².